The fraction of sp³-hybridized carbons (Fsp3) is 1.00. The summed E-state index contributed by atoms with van der Waals surface area (Å²) in [7, 11) is -4.85. The van der Waals surface area contributed by atoms with Gasteiger partial charge < -0.3 is 29.8 Å². The molecule has 5 N–H and O–H groups in total. The first-order valence-corrected chi connectivity index (χ1v) is 5.16. The van der Waals surface area contributed by atoms with E-state index in [-0.39, 0.29) is 0 Å². The average Bonchev–Trinajstić information content (AvgIpc) is 2.26. The van der Waals surface area contributed by atoms with Gasteiger partial charge in [0.15, 0.2) is 0 Å². The number of ether oxygens (including phenoxy) is 1. The minimum atomic E-state index is -4.85. The highest BCUT2D eigenvalue weighted by Crippen LogP contribution is 2.55. The summed E-state index contributed by atoms with van der Waals surface area (Å²) in [6, 6.07) is 0. The number of aliphatic hydroxyl groups excluding tert-OH is 2. The molecule has 0 aliphatic carbocycles. The van der Waals surface area contributed by atoms with Crippen molar-refractivity contribution in [1.29, 1.82) is 0 Å². The zero-order valence-corrected chi connectivity index (χ0v) is 7.46. The molecule has 0 aromatic carbocycles. The van der Waals surface area contributed by atoms with Gasteiger partial charge in [-0.25, -0.2) is 0 Å². The summed E-state index contributed by atoms with van der Waals surface area (Å²) in [6.45, 7) is -0.608. The van der Waals surface area contributed by atoms with Crippen LogP contribution in [0.25, 0.3) is 0 Å². The molecule has 1 heterocycles. The van der Waals surface area contributed by atoms with E-state index in [2.05, 4.69) is 4.74 Å². The Balaban J connectivity index is 2.82. The molecule has 0 radical (unpaired) electrons. The largest absolute Gasteiger partial charge is 0.394 e. The van der Waals surface area contributed by atoms with Crippen LogP contribution in [0.3, 0.4) is 0 Å². The van der Waals surface area contributed by atoms with Crippen LogP contribution in [0.5, 0.6) is 0 Å². The van der Waals surface area contributed by atoms with Crippen LogP contribution in [-0.4, -0.2) is 49.4 Å². The van der Waals surface area contributed by atoms with Crippen molar-refractivity contribution in [2.45, 2.75) is 24.2 Å². The van der Waals surface area contributed by atoms with Crippen molar-refractivity contribution in [3.8, 4) is 0 Å². The Bertz CT molecular complexity index is 237. The van der Waals surface area contributed by atoms with Crippen molar-refractivity contribution < 1.29 is 34.4 Å². The summed E-state index contributed by atoms with van der Waals surface area (Å²) in [4.78, 5) is 17.3. The smallest absolute Gasteiger partial charge is 0.384 e. The third-order valence-electron chi connectivity index (χ3n) is 1.88. The Morgan fingerprint density at radius 3 is 2.31 bits per heavy atom. The fourth-order valence-corrected chi connectivity index (χ4v) is 1.82. The van der Waals surface area contributed by atoms with Gasteiger partial charge >= 0.3 is 7.60 Å². The second-order valence-corrected chi connectivity index (χ2v) is 4.68. The first kappa shape index (κ1) is 11.1. The first-order valence-electron chi connectivity index (χ1n) is 3.55. The third kappa shape index (κ3) is 1.92. The van der Waals surface area contributed by atoms with Crippen LogP contribution >= 0.6 is 7.60 Å². The van der Waals surface area contributed by atoms with Crippen molar-refractivity contribution in [1.82, 2.24) is 0 Å². The Labute approximate surface area is 73.7 Å². The first-order chi connectivity index (χ1) is 5.80. The standard InChI is InChI=1S/C5H11O7P/c6-2-4-3(7)1-5(8,12-4)13(9,10)11/h3-4,6-8H,1-2H2,(H2,9,10,11)/t3-,4+,5+/m0/s1. The molecule has 0 aromatic heterocycles. The molecule has 0 amide bonds. The number of hydrogen-bond acceptors (Lipinski definition) is 5. The molecule has 1 aliphatic rings. The molecule has 8 heteroatoms. The number of rotatable bonds is 2. The highest BCUT2D eigenvalue weighted by Gasteiger charge is 2.56. The second kappa shape index (κ2) is 3.29. The SMILES string of the molecule is O=P(O)(O)[C@@]1(O)C[C@H](O)[C@@H](CO)O1. The van der Waals surface area contributed by atoms with Crippen LogP contribution < -0.4 is 0 Å². The molecular weight excluding hydrogens is 203 g/mol. The van der Waals surface area contributed by atoms with E-state index in [1.807, 2.05) is 0 Å². The summed E-state index contributed by atoms with van der Waals surface area (Å²) in [5.41, 5.74) is -2.67. The molecule has 0 spiro atoms. The lowest BCUT2D eigenvalue weighted by atomic mass is 10.2. The molecule has 0 saturated carbocycles. The second-order valence-electron chi connectivity index (χ2n) is 2.90. The molecule has 1 saturated heterocycles. The van der Waals surface area contributed by atoms with E-state index in [1.54, 1.807) is 0 Å². The predicted octanol–water partition coefficient (Wildman–Crippen LogP) is -2.05. The topological polar surface area (TPSA) is 127 Å². The molecular formula is C5H11O7P. The highest BCUT2D eigenvalue weighted by molar-refractivity contribution is 7.53. The van der Waals surface area contributed by atoms with Gasteiger partial charge in [0.2, 0.25) is 0 Å². The van der Waals surface area contributed by atoms with Crippen LogP contribution in [0.4, 0.5) is 0 Å². The zero-order chi connectivity index (χ0) is 10.3. The minimum absolute atomic E-state index is 0.608. The van der Waals surface area contributed by atoms with Gasteiger partial charge in [0.25, 0.3) is 5.53 Å². The lowest BCUT2D eigenvalue weighted by molar-refractivity contribution is -0.152. The summed E-state index contributed by atoms with van der Waals surface area (Å²) in [6.07, 6.45) is -3.04. The van der Waals surface area contributed by atoms with Gasteiger partial charge in [0.05, 0.1) is 12.7 Å². The Morgan fingerprint density at radius 2 is 2.08 bits per heavy atom. The maximum Gasteiger partial charge on any atom is 0.384 e. The van der Waals surface area contributed by atoms with E-state index in [9.17, 15) is 9.67 Å². The van der Waals surface area contributed by atoms with Crippen molar-refractivity contribution in [3.63, 3.8) is 0 Å². The van der Waals surface area contributed by atoms with Gasteiger partial charge in [-0.2, -0.15) is 0 Å². The lowest BCUT2D eigenvalue weighted by Gasteiger charge is -2.22. The van der Waals surface area contributed by atoms with E-state index >= 15 is 0 Å². The maximum absolute atomic E-state index is 10.7. The molecule has 0 aromatic rings. The van der Waals surface area contributed by atoms with Crippen LogP contribution in [0, 0.1) is 0 Å². The molecule has 0 bridgehead atoms. The van der Waals surface area contributed by atoms with E-state index in [0.717, 1.165) is 0 Å². The molecule has 7 nitrogen and oxygen atoms in total. The van der Waals surface area contributed by atoms with Crippen molar-refractivity contribution in [2.24, 2.45) is 0 Å². The monoisotopic (exact) mass is 214 g/mol. The van der Waals surface area contributed by atoms with Crippen LogP contribution in [-0.2, 0) is 9.30 Å². The molecule has 1 rings (SSSR count). The Morgan fingerprint density at radius 1 is 1.54 bits per heavy atom. The Hall–Kier alpha value is -0.0100. The zero-order valence-electron chi connectivity index (χ0n) is 6.57. The quantitative estimate of drug-likeness (QED) is 0.335. The van der Waals surface area contributed by atoms with Crippen molar-refractivity contribution in [2.75, 3.05) is 6.61 Å². The summed E-state index contributed by atoms with van der Waals surface area (Å²) >= 11 is 0. The van der Waals surface area contributed by atoms with Gasteiger partial charge in [0, 0.05) is 6.42 Å². The van der Waals surface area contributed by atoms with Crippen molar-refractivity contribution in [3.05, 3.63) is 0 Å². The average molecular weight is 214 g/mol. The van der Waals surface area contributed by atoms with E-state index in [1.165, 1.54) is 0 Å². The molecule has 78 valence electrons. The van der Waals surface area contributed by atoms with Gasteiger partial charge in [-0.15, -0.1) is 0 Å². The van der Waals surface area contributed by atoms with E-state index in [0.29, 0.717) is 0 Å². The van der Waals surface area contributed by atoms with Gasteiger partial charge in [0.1, 0.15) is 6.10 Å². The van der Waals surface area contributed by atoms with Gasteiger partial charge in [-0.3, -0.25) is 4.57 Å². The van der Waals surface area contributed by atoms with Crippen LogP contribution in [0.15, 0.2) is 0 Å². The molecule has 1 aliphatic heterocycles. The highest BCUT2D eigenvalue weighted by atomic mass is 31.2. The normalized spacial score (nSPS) is 41.0. The minimum Gasteiger partial charge on any atom is -0.394 e. The lowest BCUT2D eigenvalue weighted by Crippen LogP contribution is -2.29. The Kier molecular flexibility index (Phi) is 2.80. The van der Waals surface area contributed by atoms with Gasteiger partial charge in [-0.05, 0) is 0 Å². The van der Waals surface area contributed by atoms with Crippen molar-refractivity contribution >= 4 is 7.60 Å². The summed E-state index contributed by atoms with van der Waals surface area (Å²) in [5, 5.41) is 26.9. The fourth-order valence-electron chi connectivity index (χ4n) is 1.12. The van der Waals surface area contributed by atoms with Crippen LogP contribution in [0.1, 0.15) is 6.42 Å². The molecule has 3 atom stereocenters. The number of aliphatic hydroxyl groups is 3. The maximum atomic E-state index is 10.7. The third-order valence-corrected chi connectivity index (χ3v) is 3.08. The van der Waals surface area contributed by atoms with E-state index < -0.39 is 38.4 Å². The van der Waals surface area contributed by atoms with Crippen LogP contribution in [0.2, 0.25) is 0 Å². The summed E-state index contributed by atoms with van der Waals surface area (Å²) < 4.78 is 15.2. The van der Waals surface area contributed by atoms with E-state index in [4.69, 9.17) is 20.0 Å². The molecule has 13 heavy (non-hydrogen) atoms. The van der Waals surface area contributed by atoms with Gasteiger partial charge in [-0.1, -0.05) is 0 Å². The predicted molar refractivity (Wildman–Crippen MR) is 39.6 cm³/mol. The summed E-state index contributed by atoms with van der Waals surface area (Å²) in [5.74, 6) is 0. The number of hydrogen-bond donors (Lipinski definition) is 5. The molecule has 1 fully saturated rings. The molecule has 0 unspecified atom stereocenters.